The highest BCUT2D eigenvalue weighted by molar-refractivity contribution is 5.79. The standard InChI is InChI=1S/C7H16N4O2/c1-10-5(6(8)12)3-2-4-11-7(9)13/h5,10H,2-4H2,1H3,(H2,8,12)(H3,9,11,13). The van der Waals surface area contributed by atoms with Gasteiger partial charge in [0, 0.05) is 6.54 Å². The minimum Gasteiger partial charge on any atom is -0.368 e. The molecule has 6 heteroatoms. The molecule has 0 aromatic heterocycles. The molecule has 0 fully saturated rings. The molecular formula is C7H16N4O2. The summed E-state index contributed by atoms with van der Waals surface area (Å²) in [7, 11) is 1.66. The van der Waals surface area contributed by atoms with Gasteiger partial charge in [0.15, 0.2) is 0 Å². The Hall–Kier alpha value is -1.30. The zero-order chi connectivity index (χ0) is 10.3. The molecule has 0 aromatic carbocycles. The normalized spacial score (nSPS) is 12.1. The smallest absolute Gasteiger partial charge is 0.312 e. The molecule has 6 N–H and O–H groups in total. The van der Waals surface area contributed by atoms with Crippen molar-refractivity contribution in [2.75, 3.05) is 13.6 Å². The second-order valence-electron chi connectivity index (χ2n) is 2.68. The minimum atomic E-state index is -0.555. The van der Waals surface area contributed by atoms with Gasteiger partial charge >= 0.3 is 6.03 Å². The first-order valence-electron chi connectivity index (χ1n) is 4.07. The number of likely N-dealkylation sites (N-methyl/N-ethyl adjacent to an activating group) is 1. The number of hydrogen-bond donors (Lipinski definition) is 4. The van der Waals surface area contributed by atoms with Crippen LogP contribution in [0.3, 0.4) is 0 Å². The lowest BCUT2D eigenvalue weighted by Crippen LogP contribution is -2.40. The zero-order valence-corrected chi connectivity index (χ0v) is 7.67. The maximum Gasteiger partial charge on any atom is 0.312 e. The van der Waals surface area contributed by atoms with Crippen molar-refractivity contribution in [3.05, 3.63) is 0 Å². The average molecular weight is 188 g/mol. The molecule has 0 bridgehead atoms. The molecule has 0 aliphatic rings. The van der Waals surface area contributed by atoms with Crippen LogP contribution >= 0.6 is 0 Å². The predicted molar refractivity (Wildman–Crippen MR) is 48.9 cm³/mol. The largest absolute Gasteiger partial charge is 0.368 e. The van der Waals surface area contributed by atoms with Gasteiger partial charge in [-0.1, -0.05) is 0 Å². The van der Waals surface area contributed by atoms with Gasteiger partial charge in [0.1, 0.15) is 0 Å². The van der Waals surface area contributed by atoms with Crippen LogP contribution < -0.4 is 22.1 Å². The molecule has 0 rings (SSSR count). The Morgan fingerprint density at radius 2 is 2.00 bits per heavy atom. The van der Waals surface area contributed by atoms with Crippen LogP contribution in [-0.4, -0.2) is 31.6 Å². The quantitative estimate of drug-likeness (QED) is 0.381. The first-order chi connectivity index (χ1) is 6.07. The summed E-state index contributed by atoms with van der Waals surface area (Å²) in [5, 5.41) is 5.19. The van der Waals surface area contributed by atoms with Crippen molar-refractivity contribution in [2.45, 2.75) is 18.9 Å². The Labute approximate surface area is 77.0 Å². The summed E-state index contributed by atoms with van der Waals surface area (Å²) < 4.78 is 0. The van der Waals surface area contributed by atoms with E-state index in [-0.39, 0.29) is 11.9 Å². The highest BCUT2D eigenvalue weighted by Gasteiger charge is 2.11. The van der Waals surface area contributed by atoms with E-state index >= 15 is 0 Å². The number of carbonyl (C=O) groups excluding carboxylic acids is 2. The second-order valence-corrected chi connectivity index (χ2v) is 2.68. The summed E-state index contributed by atoms with van der Waals surface area (Å²) in [6, 6.07) is -0.894. The number of nitrogens with one attached hydrogen (secondary N) is 2. The van der Waals surface area contributed by atoms with Crippen LogP contribution in [0.2, 0.25) is 0 Å². The number of nitrogens with two attached hydrogens (primary N) is 2. The summed E-state index contributed by atoms with van der Waals surface area (Å²) in [4.78, 5) is 21.0. The summed E-state index contributed by atoms with van der Waals surface area (Å²) in [6.45, 7) is 0.459. The van der Waals surface area contributed by atoms with Crippen LogP contribution in [0.1, 0.15) is 12.8 Å². The molecule has 1 unspecified atom stereocenters. The molecule has 0 saturated heterocycles. The lowest BCUT2D eigenvalue weighted by molar-refractivity contribution is -0.120. The summed E-state index contributed by atoms with van der Waals surface area (Å²) >= 11 is 0. The monoisotopic (exact) mass is 188 g/mol. The van der Waals surface area contributed by atoms with Gasteiger partial charge in [-0.25, -0.2) is 4.79 Å². The topological polar surface area (TPSA) is 110 Å². The third kappa shape index (κ3) is 5.92. The van der Waals surface area contributed by atoms with Gasteiger partial charge in [-0.3, -0.25) is 4.79 Å². The number of carbonyl (C=O) groups is 2. The van der Waals surface area contributed by atoms with Crippen molar-refractivity contribution in [3.63, 3.8) is 0 Å². The van der Waals surface area contributed by atoms with Crippen LogP contribution in [-0.2, 0) is 4.79 Å². The molecular weight excluding hydrogens is 172 g/mol. The van der Waals surface area contributed by atoms with E-state index in [9.17, 15) is 9.59 Å². The maximum absolute atomic E-state index is 10.7. The van der Waals surface area contributed by atoms with E-state index in [1.54, 1.807) is 7.05 Å². The second kappa shape index (κ2) is 6.24. The van der Waals surface area contributed by atoms with Gasteiger partial charge in [0.25, 0.3) is 0 Å². The van der Waals surface area contributed by atoms with Crippen molar-refractivity contribution in [3.8, 4) is 0 Å². The fourth-order valence-electron chi connectivity index (χ4n) is 0.947. The van der Waals surface area contributed by atoms with E-state index in [4.69, 9.17) is 11.5 Å². The van der Waals surface area contributed by atoms with Crippen molar-refractivity contribution in [1.29, 1.82) is 0 Å². The van der Waals surface area contributed by atoms with E-state index in [0.717, 1.165) is 0 Å². The third-order valence-corrected chi connectivity index (χ3v) is 1.66. The molecule has 0 heterocycles. The summed E-state index contributed by atoms with van der Waals surface area (Å²) in [6.07, 6.45) is 1.25. The highest BCUT2D eigenvalue weighted by atomic mass is 16.2. The Balaban J connectivity index is 3.50. The first kappa shape index (κ1) is 11.7. The number of hydrogen-bond acceptors (Lipinski definition) is 3. The van der Waals surface area contributed by atoms with Gasteiger partial charge in [0.2, 0.25) is 5.91 Å². The number of urea groups is 1. The van der Waals surface area contributed by atoms with Crippen molar-refractivity contribution in [1.82, 2.24) is 10.6 Å². The molecule has 0 aliphatic carbocycles. The van der Waals surface area contributed by atoms with Gasteiger partial charge in [-0.05, 0) is 19.9 Å². The number of rotatable bonds is 6. The first-order valence-corrected chi connectivity index (χ1v) is 4.07. The lowest BCUT2D eigenvalue weighted by atomic mass is 10.1. The van der Waals surface area contributed by atoms with Gasteiger partial charge < -0.3 is 22.1 Å². The molecule has 3 amide bonds. The van der Waals surface area contributed by atoms with Crippen molar-refractivity contribution < 1.29 is 9.59 Å². The van der Waals surface area contributed by atoms with E-state index in [1.807, 2.05) is 0 Å². The molecule has 0 spiro atoms. The van der Waals surface area contributed by atoms with E-state index in [0.29, 0.717) is 19.4 Å². The Bertz CT molecular complexity index is 183. The average Bonchev–Trinajstić information content (AvgIpc) is 2.03. The van der Waals surface area contributed by atoms with Crippen LogP contribution in [0.5, 0.6) is 0 Å². The Morgan fingerprint density at radius 3 is 2.38 bits per heavy atom. The lowest BCUT2D eigenvalue weighted by Gasteiger charge is -2.11. The van der Waals surface area contributed by atoms with Gasteiger partial charge in [-0.15, -0.1) is 0 Å². The van der Waals surface area contributed by atoms with Gasteiger partial charge in [0.05, 0.1) is 6.04 Å². The van der Waals surface area contributed by atoms with Crippen LogP contribution in [0.15, 0.2) is 0 Å². The maximum atomic E-state index is 10.7. The van der Waals surface area contributed by atoms with Crippen molar-refractivity contribution in [2.24, 2.45) is 11.5 Å². The molecule has 0 radical (unpaired) electrons. The molecule has 1 atom stereocenters. The fraction of sp³-hybridized carbons (Fsp3) is 0.714. The fourth-order valence-corrected chi connectivity index (χ4v) is 0.947. The van der Waals surface area contributed by atoms with E-state index in [2.05, 4.69) is 10.6 Å². The van der Waals surface area contributed by atoms with E-state index < -0.39 is 6.03 Å². The number of amides is 3. The molecule has 0 aliphatic heterocycles. The molecule has 76 valence electrons. The molecule has 13 heavy (non-hydrogen) atoms. The van der Waals surface area contributed by atoms with Crippen LogP contribution in [0.4, 0.5) is 4.79 Å². The Kier molecular flexibility index (Phi) is 5.62. The van der Waals surface area contributed by atoms with Crippen molar-refractivity contribution >= 4 is 11.9 Å². The minimum absolute atomic E-state index is 0.338. The summed E-state index contributed by atoms with van der Waals surface area (Å²) in [5.74, 6) is -0.387. The predicted octanol–water partition coefficient (Wildman–Crippen LogP) is -1.49. The Morgan fingerprint density at radius 1 is 1.38 bits per heavy atom. The molecule has 0 saturated carbocycles. The van der Waals surface area contributed by atoms with Gasteiger partial charge in [-0.2, -0.15) is 0 Å². The molecule has 0 aromatic rings. The SMILES string of the molecule is CNC(CCCNC(N)=O)C(N)=O. The number of primary amides is 2. The molecule has 6 nitrogen and oxygen atoms in total. The highest BCUT2D eigenvalue weighted by Crippen LogP contribution is 1.94. The third-order valence-electron chi connectivity index (χ3n) is 1.66. The van der Waals surface area contributed by atoms with Crippen LogP contribution in [0.25, 0.3) is 0 Å². The van der Waals surface area contributed by atoms with E-state index in [1.165, 1.54) is 0 Å². The summed E-state index contributed by atoms with van der Waals surface area (Å²) in [5.41, 5.74) is 9.92. The zero-order valence-electron chi connectivity index (χ0n) is 7.67. The van der Waals surface area contributed by atoms with Crippen LogP contribution in [0, 0.1) is 0 Å².